The first-order valence-corrected chi connectivity index (χ1v) is 8.83. The molecule has 0 spiro atoms. The minimum absolute atomic E-state index is 0.254. The number of aliphatic carboxylic acids is 1. The lowest BCUT2D eigenvalue weighted by molar-refractivity contribution is -0.131. The van der Waals surface area contributed by atoms with Crippen molar-refractivity contribution in [1.82, 2.24) is 5.32 Å². The second kappa shape index (κ2) is 9.08. The maximum atomic E-state index is 11.9. The van der Waals surface area contributed by atoms with Crippen molar-refractivity contribution in [2.24, 2.45) is 0 Å². The fourth-order valence-corrected chi connectivity index (χ4v) is 2.57. The van der Waals surface area contributed by atoms with Gasteiger partial charge in [-0.1, -0.05) is 24.3 Å². The van der Waals surface area contributed by atoms with E-state index in [4.69, 9.17) is 14.6 Å². The minimum Gasteiger partial charge on any atom is -0.496 e. The molecule has 0 aliphatic carbocycles. The normalized spacial score (nSPS) is 11.3. The SMILES string of the molecule is COc1ccc(-c2cccc(/C=C/C(=O)O)c2)cc1CNC(=O)OC(C)(C)C. The van der Waals surface area contributed by atoms with Crippen molar-refractivity contribution in [3.8, 4) is 16.9 Å². The van der Waals surface area contributed by atoms with Crippen molar-refractivity contribution >= 4 is 18.1 Å². The number of carboxylic acids is 1. The third-order valence-electron chi connectivity index (χ3n) is 3.74. The molecule has 2 aromatic carbocycles. The summed E-state index contributed by atoms with van der Waals surface area (Å²) in [6, 6.07) is 13.2. The van der Waals surface area contributed by atoms with Crippen LogP contribution in [-0.2, 0) is 16.1 Å². The Morgan fingerprint density at radius 3 is 2.46 bits per heavy atom. The van der Waals surface area contributed by atoms with E-state index in [1.54, 1.807) is 34.0 Å². The lowest BCUT2D eigenvalue weighted by Crippen LogP contribution is -2.32. The number of ether oxygens (including phenoxy) is 2. The van der Waals surface area contributed by atoms with Gasteiger partial charge in [0, 0.05) is 18.2 Å². The van der Waals surface area contributed by atoms with E-state index in [9.17, 15) is 9.59 Å². The number of hydrogen-bond donors (Lipinski definition) is 2. The molecule has 0 bridgehead atoms. The molecule has 2 rings (SSSR count). The van der Waals surface area contributed by atoms with Gasteiger partial charge in [-0.15, -0.1) is 0 Å². The molecule has 1 amide bonds. The maximum Gasteiger partial charge on any atom is 0.407 e. The standard InChI is InChI=1S/C22H25NO5/c1-22(2,3)28-21(26)23-14-18-13-17(9-10-19(18)27-4)16-7-5-6-15(12-16)8-11-20(24)25/h5-13H,14H2,1-4H3,(H,23,26)(H,24,25)/b11-8+. The van der Waals surface area contributed by atoms with E-state index in [0.29, 0.717) is 5.75 Å². The summed E-state index contributed by atoms with van der Waals surface area (Å²) >= 11 is 0. The van der Waals surface area contributed by atoms with Gasteiger partial charge in [-0.3, -0.25) is 0 Å². The summed E-state index contributed by atoms with van der Waals surface area (Å²) in [6.07, 6.45) is 2.14. The number of rotatable bonds is 6. The van der Waals surface area contributed by atoms with Gasteiger partial charge in [0.2, 0.25) is 0 Å². The highest BCUT2D eigenvalue weighted by Crippen LogP contribution is 2.27. The lowest BCUT2D eigenvalue weighted by atomic mass is 10.00. The van der Waals surface area contributed by atoms with E-state index in [2.05, 4.69) is 5.32 Å². The third kappa shape index (κ3) is 6.46. The maximum absolute atomic E-state index is 11.9. The number of alkyl carbamates (subject to hydrolysis) is 1. The molecular formula is C22H25NO5. The van der Waals surface area contributed by atoms with Gasteiger partial charge < -0.3 is 19.9 Å². The Labute approximate surface area is 164 Å². The van der Waals surface area contributed by atoms with Crippen LogP contribution in [-0.4, -0.2) is 29.9 Å². The summed E-state index contributed by atoms with van der Waals surface area (Å²) in [5, 5.41) is 11.5. The van der Waals surface area contributed by atoms with Crippen LogP contribution >= 0.6 is 0 Å². The monoisotopic (exact) mass is 383 g/mol. The van der Waals surface area contributed by atoms with Crippen molar-refractivity contribution in [1.29, 1.82) is 0 Å². The molecule has 6 heteroatoms. The number of carbonyl (C=O) groups is 2. The van der Waals surface area contributed by atoms with Crippen LogP contribution in [0.2, 0.25) is 0 Å². The van der Waals surface area contributed by atoms with Gasteiger partial charge in [0.05, 0.1) is 7.11 Å². The lowest BCUT2D eigenvalue weighted by Gasteiger charge is -2.20. The summed E-state index contributed by atoms with van der Waals surface area (Å²) in [5.74, 6) is -0.341. The van der Waals surface area contributed by atoms with Crippen LogP contribution in [0.25, 0.3) is 17.2 Å². The quantitative estimate of drug-likeness (QED) is 0.718. The molecule has 148 valence electrons. The highest BCUT2D eigenvalue weighted by Gasteiger charge is 2.16. The predicted molar refractivity (Wildman–Crippen MR) is 108 cm³/mol. The molecule has 28 heavy (non-hydrogen) atoms. The molecule has 0 aromatic heterocycles. The number of nitrogens with one attached hydrogen (secondary N) is 1. The van der Waals surface area contributed by atoms with Gasteiger partial charge in [-0.25, -0.2) is 9.59 Å². The van der Waals surface area contributed by atoms with Crippen molar-refractivity contribution in [3.05, 3.63) is 59.7 Å². The third-order valence-corrected chi connectivity index (χ3v) is 3.74. The largest absolute Gasteiger partial charge is 0.496 e. The van der Waals surface area contributed by atoms with E-state index >= 15 is 0 Å². The smallest absolute Gasteiger partial charge is 0.407 e. The Balaban J connectivity index is 2.23. The average Bonchev–Trinajstić information content (AvgIpc) is 2.63. The van der Waals surface area contributed by atoms with Crippen molar-refractivity contribution in [2.75, 3.05) is 7.11 Å². The fraction of sp³-hybridized carbons (Fsp3) is 0.273. The van der Waals surface area contributed by atoms with Crippen LogP contribution in [0.4, 0.5) is 4.79 Å². The number of carboxylic acid groups (broad SMARTS) is 1. The molecule has 0 unspecified atom stereocenters. The minimum atomic E-state index is -0.995. The molecular weight excluding hydrogens is 358 g/mol. The molecule has 0 fully saturated rings. The van der Waals surface area contributed by atoms with Gasteiger partial charge in [0.15, 0.2) is 0 Å². The van der Waals surface area contributed by atoms with Crippen LogP contribution in [0, 0.1) is 0 Å². The highest BCUT2D eigenvalue weighted by atomic mass is 16.6. The van der Waals surface area contributed by atoms with Crippen molar-refractivity contribution in [2.45, 2.75) is 32.9 Å². The molecule has 0 atom stereocenters. The molecule has 2 aromatic rings. The molecule has 0 aliphatic heterocycles. The molecule has 0 radical (unpaired) electrons. The van der Waals surface area contributed by atoms with E-state index in [1.807, 2.05) is 42.5 Å². The Kier molecular flexibility index (Phi) is 6.82. The summed E-state index contributed by atoms with van der Waals surface area (Å²) in [4.78, 5) is 22.6. The van der Waals surface area contributed by atoms with Gasteiger partial charge in [0.1, 0.15) is 11.4 Å². The predicted octanol–water partition coefficient (Wildman–Crippen LogP) is 4.48. The Hall–Kier alpha value is -3.28. The summed E-state index contributed by atoms with van der Waals surface area (Å²) in [5.41, 5.74) is 2.86. The number of benzene rings is 2. The highest BCUT2D eigenvalue weighted by molar-refractivity contribution is 5.85. The topological polar surface area (TPSA) is 84.9 Å². The zero-order valence-electron chi connectivity index (χ0n) is 16.5. The van der Waals surface area contributed by atoms with Crippen LogP contribution in [0.5, 0.6) is 5.75 Å². The van der Waals surface area contributed by atoms with Gasteiger partial charge in [-0.2, -0.15) is 0 Å². The first-order chi connectivity index (χ1) is 13.2. The number of methoxy groups -OCH3 is 1. The zero-order valence-corrected chi connectivity index (χ0v) is 16.5. The first kappa shape index (κ1) is 21.0. The number of amides is 1. The van der Waals surface area contributed by atoms with E-state index < -0.39 is 17.7 Å². The Bertz CT molecular complexity index is 881. The summed E-state index contributed by atoms with van der Waals surface area (Å²) in [7, 11) is 1.57. The average molecular weight is 383 g/mol. The van der Waals surface area contributed by atoms with E-state index in [1.165, 1.54) is 0 Å². The van der Waals surface area contributed by atoms with Gasteiger partial charge >= 0.3 is 12.1 Å². The Morgan fingerprint density at radius 1 is 1.11 bits per heavy atom. The Morgan fingerprint density at radius 2 is 1.82 bits per heavy atom. The van der Waals surface area contributed by atoms with Gasteiger partial charge in [-0.05, 0) is 61.7 Å². The molecule has 6 nitrogen and oxygen atoms in total. The molecule has 2 N–H and O–H groups in total. The summed E-state index contributed by atoms with van der Waals surface area (Å²) < 4.78 is 10.7. The van der Waals surface area contributed by atoms with Crippen LogP contribution in [0.3, 0.4) is 0 Å². The van der Waals surface area contributed by atoms with Crippen molar-refractivity contribution < 1.29 is 24.2 Å². The fourth-order valence-electron chi connectivity index (χ4n) is 2.57. The van der Waals surface area contributed by atoms with Crippen LogP contribution < -0.4 is 10.1 Å². The van der Waals surface area contributed by atoms with Crippen LogP contribution in [0.1, 0.15) is 31.9 Å². The number of hydrogen-bond acceptors (Lipinski definition) is 4. The zero-order chi connectivity index (χ0) is 20.7. The van der Waals surface area contributed by atoms with E-state index in [0.717, 1.165) is 28.3 Å². The first-order valence-electron chi connectivity index (χ1n) is 8.83. The molecule has 0 aliphatic rings. The molecule has 0 heterocycles. The second-order valence-corrected chi connectivity index (χ2v) is 7.18. The van der Waals surface area contributed by atoms with Crippen LogP contribution in [0.15, 0.2) is 48.5 Å². The van der Waals surface area contributed by atoms with E-state index in [-0.39, 0.29) is 6.54 Å². The molecule has 0 saturated heterocycles. The molecule has 0 saturated carbocycles. The number of carbonyl (C=O) groups excluding carboxylic acids is 1. The summed E-state index contributed by atoms with van der Waals surface area (Å²) in [6.45, 7) is 5.67. The van der Waals surface area contributed by atoms with Gasteiger partial charge in [0.25, 0.3) is 0 Å². The second-order valence-electron chi connectivity index (χ2n) is 7.18. The van der Waals surface area contributed by atoms with Crippen molar-refractivity contribution in [3.63, 3.8) is 0 Å².